The van der Waals surface area contributed by atoms with Crippen molar-refractivity contribution in [2.24, 2.45) is 5.73 Å². The monoisotopic (exact) mass is 296 g/mol. The number of nitrogens with zero attached hydrogens (tertiary/aromatic N) is 1. The number of pyridine rings is 1. The largest absolute Gasteiger partial charge is 0.417 e. The zero-order valence-electron chi connectivity index (χ0n) is 10.6. The van der Waals surface area contributed by atoms with Crippen LogP contribution < -0.4 is 16.8 Å². The molecule has 8 heteroatoms. The number of benzene rings is 1. The van der Waals surface area contributed by atoms with Crippen molar-refractivity contribution >= 4 is 23.1 Å². The molecule has 0 fully saturated rings. The summed E-state index contributed by atoms with van der Waals surface area (Å²) in [5, 5.41) is 2.71. The van der Waals surface area contributed by atoms with E-state index in [9.17, 15) is 18.0 Å². The summed E-state index contributed by atoms with van der Waals surface area (Å²) in [4.78, 5) is 14.4. The van der Waals surface area contributed by atoms with Gasteiger partial charge in [0.25, 0.3) is 0 Å². The highest BCUT2D eigenvalue weighted by molar-refractivity contribution is 5.93. The van der Waals surface area contributed by atoms with Gasteiger partial charge in [-0.2, -0.15) is 13.2 Å². The van der Waals surface area contributed by atoms with E-state index in [1.54, 1.807) is 0 Å². The molecule has 0 spiro atoms. The number of amides is 1. The molecule has 5 nitrogen and oxygen atoms in total. The number of aromatic nitrogens is 1. The molecule has 1 heterocycles. The summed E-state index contributed by atoms with van der Waals surface area (Å²) >= 11 is 0. The van der Waals surface area contributed by atoms with Crippen LogP contribution in [0.5, 0.6) is 0 Å². The van der Waals surface area contributed by atoms with Crippen LogP contribution in [0.25, 0.3) is 0 Å². The van der Waals surface area contributed by atoms with Gasteiger partial charge < -0.3 is 16.8 Å². The number of rotatable bonds is 3. The van der Waals surface area contributed by atoms with Gasteiger partial charge in [0, 0.05) is 17.4 Å². The second kappa shape index (κ2) is 5.31. The number of alkyl halides is 3. The van der Waals surface area contributed by atoms with Crippen LogP contribution in [0, 0.1) is 0 Å². The number of carbonyl (C=O) groups excluding carboxylic acids is 1. The van der Waals surface area contributed by atoms with Gasteiger partial charge in [0.2, 0.25) is 5.91 Å². The van der Waals surface area contributed by atoms with Crippen molar-refractivity contribution in [3.8, 4) is 0 Å². The van der Waals surface area contributed by atoms with Gasteiger partial charge in [0.1, 0.15) is 5.82 Å². The average molecular weight is 296 g/mol. The number of primary amides is 1. The molecule has 1 aromatic carbocycles. The van der Waals surface area contributed by atoms with E-state index >= 15 is 0 Å². The molecule has 0 unspecified atom stereocenters. The van der Waals surface area contributed by atoms with Gasteiger partial charge in [-0.1, -0.05) is 0 Å². The fourth-order valence-electron chi connectivity index (χ4n) is 1.60. The van der Waals surface area contributed by atoms with Crippen LogP contribution in [-0.4, -0.2) is 10.9 Å². The lowest BCUT2D eigenvalue weighted by molar-refractivity contribution is -0.137. The van der Waals surface area contributed by atoms with E-state index in [1.807, 2.05) is 0 Å². The number of halogens is 3. The third-order valence-corrected chi connectivity index (χ3v) is 2.69. The van der Waals surface area contributed by atoms with Gasteiger partial charge >= 0.3 is 6.18 Å². The van der Waals surface area contributed by atoms with Gasteiger partial charge in [0.05, 0.1) is 11.3 Å². The molecule has 0 bridgehead atoms. The van der Waals surface area contributed by atoms with Crippen molar-refractivity contribution in [3.05, 3.63) is 47.7 Å². The van der Waals surface area contributed by atoms with E-state index in [1.165, 1.54) is 24.3 Å². The molecule has 0 atom stereocenters. The molecule has 2 rings (SSSR count). The van der Waals surface area contributed by atoms with Crippen LogP contribution >= 0.6 is 0 Å². The Labute approximate surface area is 117 Å². The van der Waals surface area contributed by atoms with E-state index in [0.717, 1.165) is 6.07 Å². The number of nitrogens with one attached hydrogen (secondary N) is 1. The minimum absolute atomic E-state index is 0.0247. The van der Waals surface area contributed by atoms with Crippen molar-refractivity contribution in [1.29, 1.82) is 0 Å². The molecule has 0 radical (unpaired) electrons. The number of nitrogens with two attached hydrogens (primary N) is 2. The van der Waals surface area contributed by atoms with Crippen LogP contribution in [0.15, 0.2) is 36.5 Å². The highest BCUT2D eigenvalue weighted by atomic mass is 19.4. The first kappa shape index (κ1) is 14.6. The summed E-state index contributed by atoms with van der Waals surface area (Å²) in [5.41, 5.74) is 10.5. The van der Waals surface area contributed by atoms with Crippen molar-refractivity contribution in [2.75, 3.05) is 11.1 Å². The smallest absolute Gasteiger partial charge is 0.382 e. The summed E-state index contributed by atoms with van der Waals surface area (Å²) in [7, 11) is 0. The first-order valence-corrected chi connectivity index (χ1v) is 5.77. The van der Waals surface area contributed by atoms with Crippen LogP contribution in [0.1, 0.15) is 15.9 Å². The Bertz CT molecular complexity index is 668. The number of hydrogen-bond acceptors (Lipinski definition) is 4. The number of anilines is 3. The molecule has 0 aliphatic carbocycles. The van der Waals surface area contributed by atoms with Crippen LogP contribution in [0.4, 0.5) is 30.4 Å². The molecule has 0 saturated heterocycles. The summed E-state index contributed by atoms with van der Waals surface area (Å²) in [6.45, 7) is 0. The van der Waals surface area contributed by atoms with Crippen LogP contribution in [-0.2, 0) is 6.18 Å². The molecule has 0 aliphatic rings. The second-order valence-electron chi connectivity index (χ2n) is 4.22. The lowest BCUT2D eigenvalue weighted by Crippen LogP contribution is -2.10. The molecule has 1 aromatic heterocycles. The third-order valence-electron chi connectivity index (χ3n) is 2.69. The van der Waals surface area contributed by atoms with E-state index in [0.29, 0.717) is 11.9 Å². The summed E-state index contributed by atoms with van der Waals surface area (Å²) in [6, 6.07) is 6.76. The maximum Gasteiger partial charge on any atom is 0.417 e. The molecule has 0 aliphatic heterocycles. The Kier molecular flexibility index (Phi) is 3.70. The topological polar surface area (TPSA) is 94.0 Å². The Hall–Kier alpha value is -2.77. The quantitative estimate of drug-likeness (QED) is 0.811. The fraction of sp³-hybridized carbons (Fsp3) is 0.0769. The van der Waals surface area contributed by atoms with Crippen LogP contribution in [0.3, 0.4) is 0 Å². The standard InChI is InChI=1S/C13H11F3N4O/c14-13(15,16)8-5-10(11(17)19-6-8)20-9-3-1-7(2-4-9)12(18)21/h1-6,20H,(H2,17,19)(H2,18,21). The maximum absolute atomic E-state index is 12.6. The molecule has 5 N–H and O–H groups in total. The van der Waals surface area contributed by atoms with Gasteiger partial charge in [0.15, 0.2) is 0 Å². The van der Waals surface area contributed by atoms with Crippen molar-refractivity contribution in [1.82, 2.24) is 4.98 Å². The van der Waals surface area contributed by atoms with Crippen molar-refractivity contribution in [2.45, 2.75) is 6.18 Å². The average Bonchev–Trinajstić information content (AvgIpc) is 2.40. The first-order chi connectivity index (χ1) is 9.77. The van der Waals surface area contributed by atoms with Crippen LogP contribution in [0.2, 0.25) is 0 Å². The summed E-state index contributed by atoms with van der Waals surface area (Å²) < 4.78 is 37.9. The van der Waals surface area contributed by atoms with Gasteiger partial charge in [-0.3, -0.25) is 4.79 Å². The fourth-order valence-corrected chi connectivity index (χ4v) is 1.60. The molecule has 2 aromatic rings. The summed E-state index contributed by atoms with van der Waals surface area (Å²) in [5.74, 6) is -0.663. The Morgan fingerprint density at radius 3 is 2.33 bits per heavy atom. The highest BCUT2D eigenvalue weighted by Gasteiger charge is 2.31. The minimum Gasteiger partial charge on any atom is -0.382 e. The van der Waals surface area contributed by atoms with Crippen molar-refractivity contribution < 1.29 is 18.0 Å². The normalized spacial score (nSPS) is 11.2. The van der Waals surface area contributed by atoms with Crippen molar-refractivity contribution in [3.63, 3.8) is 0 Å². The van der Waals surface area contributed by atoms with Gasteiger partial charge in [-0.05, 0) is 30.3 Å². The van der Waals surface area contributed by atoms with E-state index in [4.69, 9.17) is 11.5 Å². The lowest BCUT2D eigenvalue weighted by atomic mass is 10.2. The zero-order chi connectivity index (χ0) is 15.6. The Balaban J connectivity index is 2.28. The van der Waals surface area contributed by atoms with E-state index in [-0.39, 0.29) is 17.1 Å². The number of carbonyl (C=O) groups is 1. The molecule has 21 heavy (non-hydrogen) atoms. The third kappa shape index (κ3) is 3.41. The molecule has 110 valence electrons. The Morgan fingerprint density at radius 1 is 1.19 bits per heavy atom. The maximum atomic E-state index is 12.6. The van der Waals surface area contributed by atoms with Gasteiger partial charge in [-0.25, -0.2) is 4.98 Å². The molecule has 1 amide bonds. The summed E-state index contributed by atoms with van der Waals surface area (Å²) in [6.07, 6.45) is -3.84. The SMILES string of the molecule is NC(=O)c1ccc(Nc2cc(C(F)(F)F)cnc2N)cc1. The lowest BCUT2D eigenvalue weighted by Gasteiger charge is -2.12. The highest BCUT2D eigenvalue weighted by Crippen LogP contribution is 2.32. The predicted octanol–water partition coefficient (Wildman–Crippen LogP) is 2.53. The molecular formula is C13H11F3N4O. The molecule has 0 saturated carbocycles. The first-order valence-electron chi connectivity index (χ1n) is 5.77. The second-order valence-corrected chi connectivity index (χ2v) is 4.22. The van der Waals surface area contributed by atoms with E-state index < -0.39 is 17.6 Å². The number of hydrogen-bond donors (Lipinski definition) is 3. The zero-order valence-corrected chi connectivity index (χ0v) is 10.6. The Morgan fingerprint density at radius 2 is 1.81 bits per heavy atom. The predicted molar refractivity (Wildman–Crippen MR) is 71.9 cm³/mol. The molecular weight excluding hydrogens is 285 g/mol. The van der Waals surface area contributed by atoms with Gasteiger partial charge in [-0.15, -0.1) is 0 Å². The number of nitrogen functional groups attached to an aromatic ring is 1. The minimum atomic E-state index is -4.51. The van der Waals surface area contributed by atoms with E-state index in [2.05, 4.69) is 10.3 Å².